The number of ether oxygens (including phenoxy) is 1. The zero-order valence-corrected chi connectivity index (χ0v) is 15.8. The lowest BCUT2D eigenvalue weighted by atomic mass is 9.72. The molecule has 5 nitrogen and oxygen atoms in total. The quantitative estimate of drug-likeness (QED) is 0.899. The van der Waals surface area contributed by atoms with Crippen molar-refractivity contribution in [3.63, 3.8) is 0 Å². The Kier molecular flexibility index (Phi) is 5.05. The summed E-state index contributed by atoms with van der Waals surface area (Å²) in [5.74, 6) is 0.623. The van der Waals surface area contributed by atoms with Crippen LogP contribution in [0.25, 0.3) is 0 Å². The summed E-state index contributed by atoms with van der Waals surface area (Å²) >= 11 is 0. The van der Waals surface area contributed by atoms with Crippen LogP contribution >= 0.6 is 0 Å². The number of hydrogen-bond donors (Lipinski definition) is 1. The summed E-state index contributed by atoms with van der Waals surface area (Å²) in [6.45, 7) is 8.07. The van der Waals surface area contributed by atoms with Crippen molar-refractivity contribution in [3.8, 4) is 0 Å². The Morgan fingerprint density at radius 2 is 2.08 bits per heavy atom. The first-order valence-corrected chi connectivity index (χ1v) is 9.37. The summed E-state index contributed by atoms with van der Waals surface area (Å²) in [5, 5.41) is 4.72. The van der Waals surface area contributed by atoms with Crippen LogP contribution in [0.1, 0.15) is 63.1 Å². The van der Waals surface area contributed by atoms with Crippen molar-refractivity contribution in [3.05, 3.63) is 17.5 Å². The second-order valence-corrected chi connectivity index (χ2v) is 8.82. The van der Waals surface area contributed by atoms with E-state index in [4.69, 9.17) is 15.6 Å². The zero-order valence-electron chi connectivity index (χ0n) is 15.8. The van der Waals surface area contributed by atoms with E-state index < -0.39 is 0 Å². The van der Waals surface area contributed by atoms with E-state index in [1.54, 1.807) is 0 Å². The number of nitrogens with two attached hydrogens (primary N) is 1. The van der Waals surface area contributed by atoms with E-state index in [9.17, 15) is 0 Å². The van der Waals surface area contributed by atoms with Gasteiger partial charge in [0.2, 0.25) is 0 Å². The van der Waals surface area contributed by atoms with E-state index in [-0.39, 0.29) is 5.60 Å². The molecule has 1 aromatic rings. The van der Waals surface area contributed by atoms with E-state index >= 15 is 0 Å². The first-order valence-electron chi connectivity index (χ1n) is 9.37. The first kappa shape index (κ1) is 17.9. The lowest BCUT2D eigenvalue weighted by Gasteiger charge is -2.37. The number of aromatic nitrogens is 2. The Labute approximate surface area is 146 Å². The van der Waals surface area contributed by atoms with Gasteiger partial charge in [-0.3, -0.25) is 9.58 Å². The van der Waals surface area contributed by atoms with Crippen LogP contribution in [0, 0.1) is 5.41 Å². The van der Waals surface area contributed by atoms with E-state index in [2.05, 4.69) is 32.0 Å². The van der Waals surface area contributed by atoms with Crippen molar-refractivity contribution in [1.29, 1.82) is 0 Å². The monoisotopic (exact) mass is 334 g/mol. The highest BCUT2D eigenvalue weighted by Gasteiger charge is 2.46. The summed E-state index contributed by atoms with van der Waals surface area (Å²) in [5.41, 5.74) is 8.83. The second-order valence-electron chi connectivity index (χ2n) is 8.82. The Hall–Kier alpha value is -0.910. The fourth-order valence-electron chi connectivity index (χ4n) is 4.67. The molecular weight excluding hydrogens is 300 g/mol. The molecule has 2 heterocycles. The maximum Gasteiger partial charge on any atom is 0.0799 e. The predicted octanol–water partition coefficient (Wildman–Crippen LogP) is 2.65. The van der Waals surface area contributed by atoms with Gasteiger partial charge in [-0.1, -0.05) is 13.8 Å². The van der Waals surface area contributed by atoms with Crippen LogP contribution in [0.15, 0.2) is 6.20 Å². The molecular formula is C19H34N4O. The molecule has 0 radical (unpaired) electrons. The van der Waals surface area contributed by atoms with Gasteiger partial charge < -0.3 is 10.5 Å². The summed E-state index contributed by atoms with van der Waals surface area (Å²) in [6, 6.07) is 0. The molecule has 1 saturated carbocycles. The molecule has 2 fully saturated rings. The maximum atomic E-state index is 6.27. The molecule has 24 heavy (non-hydrogen) atoms. The van der Waals surface area contributed by atoms with Gasteiger partial charge in [-0.15, -0.1) is 0 Å². The van der Waals surface area contributed by atoms with Gasteiger partial charge in [0.1, 0.15) is 0 Å². The molecule has 2 aliphatic rings. The summed E-state index contributed by atoms with van der Waals surface area (Å²) in [7, 11) is 4.15. The molecule has 1 aliphatic carbocycles. The first-order chi connectivity index (χ1) is 11.3. The van der Waals surface area contributed by atoms with Gasteiger partial charge in [0.15, 0.2) is 0 Å². The Bertz CT molecular complexity index is 558. The van der Waals surface area contributed by atoms with Crippen LogP contribution < -0.4 is 5.73 Å². The molecule has 1 saturated heterocycles. The van der Waals surface area contributed by atoms with E-state index in [1.807, 2.05) is 11.7 Å². The number of aryl methyl sites for hydroxylation is 1. The Balaban J connectivity index is 1.66. The maximum absolute atomic E-state index is 6.27. The van der Waals surface area contributed by atoms with Crippen LogP contribution in [0.4, 0.5) is 0 Å². The van der Waals surface area contributed by atoms with Crippen LogP contribution in [0.3, 0.4) is 0 Å². The van der Waals surface area contributed by atoms with Crippen molar-refractivity contribution in [2.75, 3.05) is 26.7 Å². The highest BCUT2D eigenvalue weighted by atomic mass is 16.5. The number of hydrogen-bond acceptors (Lipinski definition) is 4. The minimum absolute atomic E-state index is 0.152. The average Bonchev–Trinajstić information content (AvgIpc) is 3.00. The topological polar surface area (TPSA) is 56.3 Å². The highest BCUT2D eigenvalue weighted by molar-refractivity contribution is 5.23. The minimum atomic E-state index is 0.152. The summed E-state index contributed by atoms with van der Waals surface area (Å²) < 4.78 is 8.24. The molecule has 3 rings (SSSR count). The summed E-state index contributed by atoms with van der Waals surface area (Å²) in [4.78, 5) is 2.26. The largest absolute Gasteiger partial charge is 0.374 e. The number of rotatable bonds is 5. The SMILES string of the molecule is CN(CCN)Cc1nn(C)cc1[C@H]1CC[C@]2(CC1)CC(C)(C)CO2. The Morgan fingerprint density at radius 1 is 1.38 bits per heavy atom. The van der Waals surface area contributed by atoms with Gasteiger partial charge in [0, 0.05) is 32.9 Å². The van der Waals surface area contributed by atoms with Gasteiger partial charge in [-0.25, -0.2) is 0 Å². The number of likely N-dealkylation sites (N-methyl/N-ethyl adjacent to an activating group) is 1. The molecule has 1 spiro atoms. The fraction of sp³-hybridized carbons (Fsp3) is 0.842. The molecule has 0 amide bonds. The Morgan fingerprint density at radius 3 is 2.67 bits per heavy atom. The molecule has 2 N–H and O–H groups in total. The standard InChI is InChI=1S/C19H34N4O/c1-18(2)13-19(24-14-18)7-5-15(6-8-19)16-11-23(4)21-17(16)12-22(3)10-9-20/h11,15H,5-10,12-14,20H2,1-4H3/t15-,19-. The molecule has 0 unspecified atom stereocenters. The van der Waals surface area contributed by atoms with Crippen molar-refractivity contribution in [1.82, 2.24) is 14.7 Å². The molecule has 136 valence electrons. The lowest BCUT2D eigenvalue weighted by Crippen LogP contribution is -2.33. The molecule has 1 aromatic heterocycles. The molecule has 0 aromatic carbocycles. The third-order valence-corrected chi connectivity index (χ3v) is 5.77. The number of nitrogens with zero attached hydrogens (tertiary/aromatic N) is 3. The second kappa shape index (κ2) is 6.77. The molecule has 1 aliphatic heterocycles. The van der Waals surface area contributed by atoms with Crippen molar-refractivity contribution in [2.24, 2.45) is 18.2 Å². The molecule has 0 bridgehead atoms. The van der Waals surface area contributed by atoms with Crippen LogP contribution in [0.5, 0.6) is 0 Å². The average molecular weight is 335 g/mol. The molecule has 0 atom stereocenters. The summed E-state index contributed by atoms with van der Waals surface area (Å²) in [6.07, 6.45) is 8.26. The lowest BCUT2D eigenvalue weighted by molar-refractivity contribution is -0.0294. The van der Waals surface area contributed by atoms with Gasteiger partial charge >= 0.3 is 0 Å². The van der Waals surface area contributed by atoms with Crippen molar-refractivity contribution < 1.29 is 4.74 Å². The predicted molar refractivity (Wildman–Crippen MR) is 96.9 cm³/mol. The van der Waals surface area contributed by atoms with E-state index in [0.717, 1.165) is 19.7 Å². The smallest absolute Gasteiger partial charge is 0.0799 e. The third-order valence-electron chi connectivity index (χ3n) is 5.77. The third kappa shape index (κ3) is 3.84. The normalized spacial score (nSPS) is 29.7. The van der Waals surface area contributed by atoms with Crippen LogP contribution in [-0.4, -0.2) is 47.0 Å². The highest BCUT2D eigenvalue weighted by Crippen LogP contribution is 2.50. The van der Waals surface area contributed by atoms with Gasteiger partial charge in [-0.2, -0.15) is 5.10 Å². The van der Waals surface area contributed by atoms with Gasteiger partial charge in [-0.05, 0) is 56.0 Å². The van der Waals surface area contributed by atoms with Crippen LogP contribution in [0.2, 0.25) is 0 Å². The van der Waals surface area contributed by atoms with E-state index in [0.29, 0.717) is 17.9 Å². The van der Waals surface area contributed by atoms with Crippen molar-refractivity contribution >= 4 is 0 Å². The van der Waals surface area contributed by atoms with Gasteiger partial charge in [0.25, 0.3) is 0 Å². The van der Waals surface area contributed by atoms with Crippen LogP contribution in [-0.2, 0) is 18.3 Å². The van der Waals surface area contributed by atoms with E-state index in [1.165, 1.54) is 43.4 Å². The minimum Gasteiger partial charge on any atom is -0.374 e. The van der Waals surface area contributed by atoms with Crippen molar-refractivity contribution in [2.45, 2.75) is 64.0 Å². The zero-order chi connectivity index (χ0) is 17.4. The fourth-order valence-corrected chi connectivity index (χ4v) is 4.67. The van der Waals surface area contributed by atoms with Gasteiger partial charge in [0.05, 0.1) is 17.9 Å². The molecule has 5 heteroatoms.